The van der Waals surface area contributed by atoms with Crippen LogP contribution in [0.1, 0.15) is 30.6 Å². The monoisotopic (exact) mass is 438 g/mol. The molecule has 2 fully saturated rings. The Morgan fingerprint density at radius 2 is 1.70 bits per heavy atom. The van der Waals surface area contributed by atoms with Crippen LogP contribution < -0.4 is 4.90 Å². The molecular formula is C23H29F3N2OS. The molecule has 0 bridgehead atoms. The number of nitrogens with zero attached hydrogens (tertiary/aromatic N) is 2. The lowest BCUT2D eigenvalue weighted by Crippen LogP contribution is -2.35. The number of rotatable bonds is 7. The number of ether oxygens (including phenoxy) is 1. The Kier molecular flexibility index (Phi) is 7.01. The second-order valence-corrected chi connectivity index (χ2v) is 9.30. The van der Waals surface area contributed by atoms with Gasteiger partial charge >= 0.3 is 6.18 Å². The van der Waals surface area contributed by atoms with Crippen LogP contribution in [0.25, 0.3) is 10.4 Å². The lowest BCUT2D eigenvalue weighted by atomic mass is 9.97. The van der Waals surface area contributed by atoms with Crippen molar-refractivity contribution in [3.63, 3.8) is 0 Å². The van der Waals surface area contributed by atoms with Crippen molar-refractivity contribution in [2.75, 3.05) is 50.8 Å². The van der Waals surface area contributed by atoms with E-state index >= 15 is 0 Å². The van der Waals surface area contributed by atoms with E-state index in [4.69, 9.17) is 4.74 Å². The molecule has 0 aliphatic carbocycles. The molecule has 2 aliphatic heterocycles. The van der Waals surface area contributed by atoms with E-state index < -0.39 is 11.1 Å². The molecule has 1 aromatic heterocycles. The molecule has 2 aromatic rings. The molecule has 3 heterocycles. The Labute approximate surface area is 180 Å². The van der Waals surface area contributed by atoms with Crippen molar-refractivity contribution in [3.8, 4) is 10.4 Å². The highest BCUT2D eigenvalue weighted by molar-refractivity contribution is 7.16. The number of thiophene rings is 1. The quantitative estimate of drug-likeness (QED) is 0.511. The van der Waals surface area contributed by atoms with E-state index in [2.05, 4.69) is 9.80 Å². The van der Waals surface area contributed by atoms with Gasteiger partial charge in [0.25, 0.3) is 0 Å². The van der Waals surface area contributed by atoms with E-state index in [0.717, 1.165) is 62.6 Å². The molecule has 4 rings (SSSR count). The minimum Gasteiger partial charge on any atom is -0.380 e. The molecule has 2 saturated heterocycles. The zero-order chi connectivity index (χ0) is 21.0. The molecule has 1 aromatic carbocycles. The molecular weight excluding hydrogens is 409 g/mol. The third-order valence-electron chi connectivity index (χ3n) is 6.09. The molecule has 164 valence electrons. The summed E-state index contributed by atoms with van der Waals surface area (Å²) in [5.41, 5.74) is 1.56. The topological polar surface area (TPSA) is 15.7 Å². The predicted octanol–water partition coefficient (Wildman–Crippen LogP) is 5.76. The van der Waals surface area contributed by atoms with Crippen molar-refractivity contribution in [2.45, 2.75) is 31.9 Å². The molecule has 0 amide bonds. The first-order valence-electron chi connectivity index (χ1n) is 10.8. The van der Waals surface area contributed by atoms with Crippen LogP contribution in [-0.2, 0) is 10.9 Å². The minimum absolute atomic E-state index is 0.487. The summed E-state index contributed by atoms with van der Waals surface area (Å²) in [5, 5.41) is 0. The lowest BCUT2D eigenvalue weighted by Gasteiger charge is -2.33. The molecule has 0 N–H and O–H groups in total. The molecule has 0 saturated carbocycles. The SMILES string of the molecule is FC(F)(F)c1cc(N2CCC(COCCN3CCCC3)CC2)c(-c2ccccc2)s1. The van der Waals surface area contributed by atoms with Gasteiger partial charge in [0.2, 0.25) is 0 Å². The predicted molar refractivity (Wildman–Crippen MR) is 116 cm³/mol. The summed E-state index contributed by atoms with van der Waals surface area (Å²) in [6.07, 6.45) is 0.183. The molecule has 0 radical (unpaired) electrons. The first kappa shape index (κ1) is 21.7. The zero-order valence-corrected chi connectivity index (χ0v) is 18.0. The second kappa shape index (κ2) is 9.71. The van der Waals surface area contributed by atoms with E-state index in [1.54, 1.807) is 0 Å². The van der Waals surface area contributed by atoms with Gasteiger partial charge in [-0.05, 0) is 56.3 Å². The van der Waals surface area contributed by atoms with Crippen LogP contribution in [0.4, 0.5) is 18.9 Å². The maximum absolute atomic E-state index is 13.4. The van der Waals surface area contributed by atoms with Gasteiger partial charge in [0.1, 0.15) is 4.88 Å². The third-order valence-corrected chi connectivity index (χ3v) is 7.31. The summed E-state index contributed by atoms with van der Waals surface area (Å²) < 4.78 is 46.1. The smallest absolute Gasteiger partial charge is 0.380 e. The van der Waals surface area contributed by atoms with Crippen molar-refractivity contribution in [1.82, 2.24) is 4.90 Å². The molecule has 0 unspecified atom stereocenters. The van der Waals surface area contributed by atoms with E-state index in [-0.39, 0.29) is 0 Å². The highest BCUT2D eigenvalue weighted by Gasteiger charge is 2.35. The molecule has 0 spiro atoms. The van der Waals surface area contributed by atoms with Gasteiger partial charge in [-0.2, -0.15) is 13.2 Å². The van der Waals surface area contributed by atoms with E-state index in [0.29, 0.717) is 16.5 Å². The van der Waals surface area contributed by atoms with Crippen LogP contribution in [-0.4, -0.2) is 50.8 Å². The highest BCUT2D eigenvalue weighted by Crippen LogP contribution is 2.45. The van der Waals surface area contributed by atoms with Crippen molar-refractivity contribution >= 4 is 17.0 Å². The average molecular weight is 439 g/mol. The zero-order valence-electron chi connectivity index (χ0n) is 17.2. The Bertz CT molecular complexity index is 795. The molecule has 30 heavy (non-hydrogen) atoms. The van der Waals surface area contributed by atoms with Gasteiger partial charge < -0.3 is 14.5 Å². The van der Waals surface area contributed by atoms with Crippen LogP contribution >= 0.6 is 11.3 Å². The van der Waals surface area contributed by atoms with Crippen LogP contribution in [0.2, 0.25) is 0 Å². The number of piperidine rings is 1. The van der Waals surface area contributed by atoms with Gasteiger partial charge in [0.05, 0.1) is 17.2 Å². The maximum Gasteiger partial charge on any atom is 0.425 e. The fourth-order valence-electron chi connectivity index (χ4n) is 4.34. The number of hydrogen-bond donors (Lipinski definition) is 0. The van der Waals surface area contributed by atoms with Crippen molar-refractivity contribution in [1.29, 1.82) is 0 Å². The van der Waals surface area contributed by atoms with Crippen LogP contribution in [0.3, 0.4) is 0 Å². The fraction of sp³-hybridized carbons (Fsp3) is 0.565. The first-order valence-corrected chi connectivity index (χ1v) is 11.6. The fourth-order valence-corrected chi connectivity index (χ4v) is 5.40. The summed E-state index contributed by atoms with van der Waals surface area (Å²) in [6.45, 7) is 6.46. The molecule has 7 heteroatoms. The van der Waals surface area contributed by atoms with Crippen molar-refractivity contribution in [2.24, 2.45) is 5.92 Å². The van der Waals surface area contributed by atoms with Crippen molar-refractivity contribution < 1.29 is 17.9 Å². The normalized spacial score (nSPS) is 19.0. The van der Waals surface area contributed by atoms with Gasteiger partial charge in [-0.1, -0.05) is 30.3 Å². The Morgan fingerprint density at radius 3 is 2.37 bits per heavy atom. The lowest BCUT2D eigenvalue weighted by molar-refractivity contribution is -0.134. The van der Waals surface area contributed by atoms with Crippen LogP contribution in [0.15, 0.2) is 36.4 Å². The summed E-state index contributed by atoms with van der Waals surface area (Å²) >= 11 is 0.847. The van der Waals surface area contributed by atoms with Gasteiger partial charge in [-0.25, -0.2) is 0 Å². The Morgan fingerprint density at radius 1 is 1.00 bits per heavy atom. The summed E-state index contributed by atoms with van der Waals surface area (Å²) in [5.74, 6) is 0.487. The highest BCUT2D eigenvalue weighted by atomic mass is 32.1. The summed E-state index contributed by atoms with van der Waals surface area (Å²) in [7, 11) is 0. The standard InChI is InChI=1S/C23H29F3N2OS/c24-23(25,26)21-16-20(22(30-21)19-6-2-1-3-7-19)28-12-8-18(9-13-28)17-29-15-14-27-10-4-5-11-27/h1-3,6-7,16,18H,4-5,8-15,17H2. The second-order valence-electron chi connectivity index (χ2n) is 8.24. The number of anilines is 1. The average Bonchev–Trinajstić information content (AvgIpc) is 3.42. The van der Waals surface area contributed by atoms with Crippen molar-refractivity contribution in [3.05, 3.63) is 41.3 Å². The largest absolute Gasteiger partial charge is 0.425 e. The number of likely N-dealkylation sites (tertiary alicyclic amines) is 1. The minimum atomic E-state index is -4.31. The third kappa shape index (κ3) is 5.37. The number of benzene rings is 1. The number of alkyl halides is 3. The number of halogens is 3. The molecule has 3 nitrogen and oxygen atoms in total. The van der Waals surface area contributed by atoms with Gasteiger partial charge in [0.15, 0.2) is 0 Å². The van der Waals surface area contributed by atoms with Gasteiger partial charge in [-0.3, -0.25) is 0 Å². The summed E-state index contributed by atoms with van der Waals surface area (Å²) in [4.78, 5) is 4.75. The van der Waals surface area contributed by atoms with E-state index in [1.165, 1.54) is 32.0 Å². The van der Waals surface area contributed by atoms with E-state index in [1.807, 2.05) is 30.3 Å². The maximum atomic E-state index is 13.4. The molecule has 0 atom stereocenters. The number of hydrogen-bond acceptors (Lipinski definition) is 4. The van der Waals surface area contributed by atoms with E-state index in [9.17, 15) is 13.2 Å². The summed E-state index contributed by atoms with van der Waals surface area (Å²) in [6, 6.07) is 10.7. The van der Waals surface area contributed by atoms with Crippen LogP contribution in [0.5, 0.6) is 0 Å². The van der Waals surface area contributed by atoms with Gasteiger partial charge in [-0.15, -0.1) is 11.3 Å². The first-order chi connectivity index (χ1) is 14.5. The van der Waals surface area contributed by atoms with Crippen LogP contribution in [0, 0.1) is 5.92 Å². The molecule has 2 aliphatic rings. The van der Waals surface area contributed by atoms with Gasteiger partial charge in [0, 0.05) is 26.2 Å². The Hall–Kier alpha value is -1.57. The Balaban J connectivity index is 1.35.